The van der Waals surface area contributed by atoms with E-state index in [1.165, 1.54) is 5.56 Å². The third kappa shape index (κ3) is 4.00. The number of hydrogen-bond acceptors (Lipinski definition) is 4. The fourth-order valence-corrected chi connectivity index (χ4v) is 3.14. The number of hydrogen-bond donors (Lipinski definition) is 1. The molecule has 128 valence electrons. The molecule has 1 N–H and O–H groups in total. The number of aromatic nitrogens is 3. The number of carbonyl (C=O) groups is 1. The number of nitrogens with zero attached hydrogens (tertiary/aromatic N) is 4. The third-order valence-electron chi connectivity index (χ3n) is 4.57. The predicted octanol–water partition coefficient (Wildman–Crippen LogP) is 2.53. The number of rotatable bonds is 7. The maximum Gasteiger partial charge on any atom is 0.227 e. The zero-order chi connectivity index (χ0) is 16.9. The van der Waals surface area contributed by atoms with E-state index in [4.69, 9.17) is 0 Å². The van der Waals surface area contributed by atoms with Crippen molar-refractivity contribution in [3.8, 4) is 0 Å². The molecular formula is C18H25N5O. The lowest BCUT2D eigenvalue weighted by Crippen LogP contribution is -2.30. The first-order valence-electron chi connectivity index (χ1n) is 8.62. The normalized spacial score (nSPS) is 17.2. The Morgan fingerprint density at radius 1 is 1.25 bits per heavy atom. The summed E-state index contributed by atoms with van der Waals surface area (Å²) in [6.45, 7) is 6.05. The van der Waals surface area contributed by atoms with Gasteiger partial charge in [-0.25, -0.2) is 4.98 Å². The molecule has 3 rings (SSSR count). The van der Waals surface area contributed by atoms with Crippen molar-refractivity contribution in [1.29, 1.82) is 0 Å². The van der Waals surface area contributed by atoms with Crippen molar-refractivity contribution < 1.29 is 4.79 Å². The second kappa shape index (κ2) is 7.57. The van der Waals surface area contributed by atoms with E-state index in [1.807, 2.05) is 9.58 Å². The molecule has 0 radical (unpaired) electrons. The highest BCUT2D eigenvalue weighted by atomic mass is 16.2. The fraction of sp³-hybridized carbons (Fsp3) is 0.500. The van der Waals surface area contributed by atoms with E-state index in [0.717, 1.165) is 31.6 Å². The Morgan fingerprint density at radius 3 is 2.67 bits per heavy atom. The maximum atomic E-state index is 11.8. The number of aryl methyl sites for hydroxylation is 1. The molecule has 0 saturated carbocycles. The van der Waals surface area contributed by atoms with Gasteiger partial charge in [0.2, 0.25) is 5.91 Å². The van der Waals surface area contributed by atoms with Gasteiger partial charge in [-0.1, -0.05) is 12.1 Å². The first-order chi connectivity index (χ1) is 11.6. The first-order valence-corrected chi connectivity index (χ1v) is 8.62. The van der Waals surface area contributed by atoms with Gasteiger partial charge in [0, 0.05) is 37.3 Å². The largest absolute Gasteiger partial charge is 0.312 e. The van der Waals surface area contributed by atoms with Crippen molar-refractivity contribution in [2.24, 2.45) is 0 Å². The minimum Gasteiger partial charge on any atom is -0.312 e. The molecule has 2 heterocycles. The molecule has 1 aliphatic heterocycles. The predicted molar refractivity (Wildman–Crippen MR) is 93.7 cm³/mol. The van der Waals surface area contributed by atoms with Crippen LogP contribution in [0.1, 0.15) is 44.7 Å². The molecule has 2 aromatic rings. The molecule has 0 aliphatic carbocycles. The number of anilines is 1. The topological polar surface area (TPSA) is 63.1 Å². The van der Waals surface area contributed by atoms with E-state index in [0.29, 0.717) is 12.5 Å². The van der Waals surface area contributed by atoms with Gasteiger partial charge in [-0.05, 0) is 44.4 Å². The highest BCUT2D eigenvalue weighted by molar-refractivity contribution is 5.95. The maximum absolute atomic E-state index is 11.8. The summed E-state index contributed by atoms with van der Waals surface area (Å²) in [6, 6.07) is 8.97. The zero-order valence-electron chi connectivity index (χ0n) is 14.4. The number of carbonyl (C=O) groups excluding carboxylic acids is 1. The molecular weight excluding hydrogens is 302 g/mol. The lowest BCUT2D eigenvalue weighted by Gasteiger charge is -2.21. The van der Waals surface area contributed by atoms with Crippen molar-refractivity contribution in [2.45, 2.75) is 51.7 Å². The summed E-state index contributed by atoms with van der Waals surface area (Å²) in [5, 5.41) is 7.74. The summed E-state index contributed by atoms with van der Waals surface area (Å²) in [5.74, 6) is 0.232. The molecule has 6 heteroatoms. The molecule has 2 atom stereocenters. The van der Waals surface area contributed by atoms with Crippen LogP contribution in [0.4, 0.5) is 5.69 Å². The molecule has 24 heavy (non-hydrogen) atoms. The smallest absolute Gasteiger partial charge is 0.227 e. The van der Waals surface area contributed by atoms with Gasteiger partial charge in [0.25, 0.3) is 0 Å². The van der Waals surface area contributed by atoms with Crippen LogP contribution in [0, 0.1) is 0 Å². The van der Waals surface area contributed by atoms with Crippen LogP contribution >= 0.6 is 0 Å². The highest BCUT2D eigenvalue weighted by Gasteiger charge is 2.21. The lowest BCUT2D eigenvalue weighted by atomic mass is 10.1. The molecule has 1 fully saturated rings. The summed E-state index contributed by atoms with van der Waals surface area (Å²) in [6.07, 6.45) is 5.93. The van der Waals surface area contributed by atoms with E-state index in [1.54, 1.807) is 12.7 Å². The molecule has 1 aromatic carbocycles. The molecule has 6 nitrogen and oxygen atoms in total. The van der Waals surface area contributed by atoms with Gasteiger partial charge in [0.15, 0.2) is 0 Å². The summed E-state index contributed by atoms with van der Waals surface area (Å²) in [7, 11) is 0. The SMILES string of the molecule is C[C@H](CCn1cncn1)N[C@@H](C)c1ccc(N2CCCC2=O)cc1. The Morgan fingerprint density at radius 2 is 2.04 bits per heavy atom. The standard InChI is InChI=1S/C18H25N5O/c1-14(9-11-22-13-19-12-20-22)21-15(2)16-5-7-17(8-6-16)23-10-3-4-18(23)24/h5-8,12-15,21H,3-4,9-11H2,1-2H3/t14-,15+/m1/s1. The number of nitrogens with one attached hydrogen (secondary N) is 1. The van der Waals surface area contributed by atoms with Gasteiger partial charge >= 0.3 is 0 Å². The van der Waals surface area contributed by atoms with E-state index < -0.39 is 0 Å². The third-order valence-corrected chi connectivity index (χ3v) is 4.57. The summed E-state index contributed by atoms with van der Waals surface area (Å²) in [5.41, 5.74) is 2.24. The quantitative estimate of drug-likeness (QED) is 0.849. The van der Waals surface area contributed by atoms with E-state index >= 15 is 0 Å². The Balaban J connectivity index is 1.52. The number of amides is 1. The van der Waals surface area contributed by atoms with Crippen LogP contribution in [0.5, 0.6) is 0 Å². The van der Waals surface area contributed by atoms with Gasteiger partial charge in [-0.3, -0.25) is 9.48 Å². The fourth-order valence-electron chi connectivity index (χ4n) is 3.14. The Labute approximate surface area is 142 Å². The Hall–Kier alpha value is -2.21. The van der Waals surface area contributed by atoms with Crippen molar-refractivity contribution >= 4 is 11.6 Å². The van der Waals surface area contributed by atoms with Crippen molar-refractivity contribution in [2.75, 3.05) is 11.4 Å². The van der Waals surface area contributed by atoms with Crippen molar-refractivity contribution in [3.63, 3.8) is 0 Å². The number of benzene rings is 1. The van der Waals surface area contributed by atoms with Crippen molar-refractivity contribution in [1.82, 2.24) is 20.1 Å². The second-order valence-corrected chi connectivity index (χ2v) is 6.48. The van der Waals surface area contributed by atoms with E-state index in [2.05, 4.69) is 53.5 Å². The summed E-state index contributed by atoms with van der Waals surface area (Å²) < 4.78 is 1.85. The molecule has 1 saturated heterocycles. The van der Waals surface area contributed by atoms with Crippen LogP contribution in [-0.2, 0) is 11.3 Å². The van der Waals surface area contributed by atoms with E-state index in [-0.39, 0.29) is 11.9 Å². The molecule has 0 spiro atoms. The Kier molecular flexibility index (Phi) is 5.25. The average Bonchev–Trinajstić information content (AvgIpc) is 3.24. The van der Waals surface area contributed by atoms with E-state index in [9.17, 15) is 4.79 Å². The second-order valence-electron chi connectivity index (χ2n) is 6.48. The lowest BCUT2D eigenvalue weighted by molar-refractivity contribution is -0.117. The first kappa shape index (κ1) is 16.6. The van der Waals surface area contributed by atoms with Gasteiger partial charge in [-0.15, -0.1) is 0 Å². The Bertz CT molecular complexity index is 653. The summed E-state index contributed by atoms with van der Waals surface area (Å²) >= 11 is 0. The molecule has 1 aliphatic rings. The molecule has 0 bridgehead atoms. The van der Waals surface area contributed by atoms with Crippen LogP contribution in [0.25, 0.3) is 0 Å². The van der Waals surface area contributed by atoms with Crippen LogP contribution in [-0.4, -0.2) is 33.3 Å². The van der Waals surface area contributed by atoms with Crippen LogP contribution in [0.15, 0.2) is 36.9 Å². The van der Waals surface area contributed by atoms with Gasteiger partial charge in [0.05, 0.1) is 0 Å². The van der Waals surface area contributed by atoms with Gasteiger partial charge < -0.3 is 10.2 Å². The minimum absolute atomic E-state index is 0.232. The van der Waals surface area contributed by atoms with Crippen molar-refractivity contribution in [3.05, 3.63) is 42.5 Å². The van der Waals surface area contributed by atoms with Crippen LogP contribution in [0.2, 0.25) is 0 Å². The van der Waals surface area contributed by atoms with Gasteiger partial charge in [0.1, 0.15) is 12.7 Å². The minimum atomic E-state index is 0.232. The average molecular weight is 327 g/mol. The molecule has 1 amide bonds. The molecule has 0 unspecified atom stereocenters. The van der Waals surface area contributed by atoms with Gasteiger partial charge in [-0.2, -0.15) is 5.10 Å². The highest BCUT2D eigenvalue weighted by Crippen LogP contribution is 2.23. The monoisotopic (exact) mass is 327 g/mol. The summed E-state index contributed by atoms with van der Waals surface area (Å²) in [4.78, 5) is 17.6. The van der Waals surface area contributed by atoms with Crippen LogP contribution in [0.3, 0.4) is 0 Å². The zero-order valence-corrected chi connectivity index (χ0v) is 14.4. The van der Waals surface area contributed by atoms with Crippen LogP contribution < -0.4 is 10.2 Å². The molecule has 1 aromatic heterocycles.